The Bertz CT molecular complexity index is 921. The molecule has 1 aromatic carbocycles. The predicted octanol–water partition coefficient (Wildman–Crippen LogP) is 2.29. The summed E-state index contributed by atoms with van der Waals surface area (Å²) in [5.74, 6) is 0. The van der Waals surface area contributed by atoms with Crippen LogP contribution in [0.4, 0.5) is 5.69 Å². The molecule has 0 saturated carbocycles. The predicted molar refractivity (Wildman–Crippen MR) is 112 cm³/mol. The molecule has 0 unspecified atom stereocenters. The molecule has 0 amide bonds. The van der Waals surface area contributed by atoms with E-state index in [0.717, 1.165) is 72.6 Å². The third-order valence-corrected chi connectivity index (χ3v) is 6.10. The first kappa shape index (κ1) is 19.4. The maximum Gasteiger partial charge on any atom is 0.341 e. The lowest BCUT2D eigenvalue weighted by Gasteiger charge is -2.41. The summed E-state index contributed by atoms with van der Waals surface area (Å²) in [7, 11) is 2.16. The Labute approximate surface area is 166 Å². The monoisotopic (exact) mass is 385 g/mol. The van der Waals surface area contributed by atoms with E-state index in [4.69, 9.17) is 9.15 Å². The number of anilines is 1. The minimum absolute atomic E-state index is 0.198. The Hall–Kier alpha value is -1.89. The number of likely N-dealkylation sites (N-methyl/N-ethyl adjacent to an activating group) is 1. The third-order valence-electron chi connectivity index (χ3n) is 6.10. The molecule has 3 heterocycles. The molecule has 1 fully saturated rings. The highest BCUT2D eigenvalue weighted by atomic mass is 16.5. The fraction of sp³-hybridized carbons (Fsp3) is 0.591. The molecule has 6 heteroatoms. The summed E-state index contributed by atoms with van der Waals surface area (Å²) < 4.78 is 11.7. The van der Waals surface area contributed by atoms with Gasteiger partial charge < -0.3 is 19.4 Å². The first-order valence-electron chi connectivity index (χ1n) is 10.3. The molecule has 1 aromatic heterocycles. The maximum absolute atomic E-state index is 12.5. The van der Waals surface area contributed by atoms with Gasteiger partial charge >= 0.3 is 5.63 Å². The van der Waals surface area contributed by atoms with Crippen molar-refractivity contribution in [3.8, 4) is 0 Å². The van der Waals surface area contributed by atoms with E-state index in [1.807, 2.05) is 0 Å². The van der Waals surface area contributed by atoms with Gasteiger partial charge in [-0.15, -0.1) is 0 Å². The lowest BCUT2D eigenvalue weighted by atomic mass is 9.96. The van der Waals surface area contributed by atoms with Crippen molar-refractivity contribution in [1.82, 2.24) is 10.2 Å². The molecule has 4 rings (SSSR count). The first-order valence-corrected chi connectivity index (χ1v) is 10.3. The fourth-order valence-electron chi connectivity index (χ4n) is 4.37. The molecule has 1 atom stereocenters. The van der Waals surface area contributed by atoms with Gasteiger partial charge in [-0.3, -0.25) is 4.90 Å². The van der Waals surface area contributed by atoms with E-state index in [9.17, 15) is 4.79 Å². The van der Waals surface area contributed by atoms with E-state index in [2.05, 4.69) is 55.1 Å². The average Bonchev–Trinajstić information content (AvgIpc) is 2.69. The second-order valence-electron chi connectivity index (χ2n) is 8.32. The molecular formula is C22H31N3O3. The van der Waals surface area contributed by atoms with Crippen molar-refractivity contribution < 1.29 is 9.15 Å². The average molecular weight is 386 g/mol. The van der Waals surface area contributed by atoms with Crippen molar-refractivity contribution in [3.63, 3.8) is 0 Å². The van der Waals surface area contributed by atoms with Gasteiger partial charge in [0, 0.05) is 42.8 Å². The normalized spacial score (nSPS) is 20.8. The maximum atomic E-state index is 12.5. The Morgan fingerprint density at radius 1 is 1.29 bits per heavy atom. The third kappa shape index (κ3) is 3.56. The van der Waals surface area contributed by atoms with Crippen LogP contribution >= 0.6 is 0 Å². The highest BCUT2D eigenvalue weighted by molar-refractivity contribution is 5.88. The summed E-state index contributed by atoms with van der Waals surface area (Å²) in [5.41, 5.74) is 4.71. The zero-order valence-corrected chi connectivity index (χ0v) is 17.4. The van der Waals surface area contributed by atoms with Crippen molar-refractivity contribution in [2.75, 3.05) is 44.7 Å². The van der Waals surface area contributed by atoms with Crippen LogP contribution in [-0.4, -0.2) is 56.9 Å². The summed E-state index contributed by atoms with van der Waals surface area (Å²) >= 11 is 0. The van der Waals surface area contributed by atoms with Gasteiger partial charge in [0.1, 0.15) is 5.58 Å². The van der Waals surface area contributed by atoms with Gasteiger partial charge in [0.25, 0.3) is 0 Å². The summed E-state index contributed by atoms with van der Waals surface area (Å²) in [4.78, 5) is 17.3. The van der Waals surface area contributed by atoms with Gasteiger partial charge in [-0.05, 0) is 58.5 Å². The van der Waals surface area contributed by atoms with Crippen LogP contribution < -0.4 is 15.8 Å². The molecule has 0 aliphatic carbocycles. The number of nitrogens with zero attached hydrogens (tertiary/aromatic N) is 2. The number of ether oxygens (including phenoxy) is 1. The molecule has 0 bridgehead atoms. The Morgan fingerprint density at radius 2 is 2.11 bits per heavy atom. The van der Waals surface area contributed by atoms with Gasteiger partial charge in [0.2, 0.25) is 0 Å². The Morgan fingerprint density at radius 3 is 2.89 bits per heavy atom. The second-order valence-corrected chi connectivity index (χ2v) is 8.32. The minimum Gasteiger partial charge on any atom is -0.422 e. The molecule has 152 valence electrons. The molecule has 2 aliphatic heterocycles. The van der Waals surface area contributed by atoms with Gasteiger partial charge in [-0.2, -0.15) is 0 Å². The summed E-state index contributed by atoms with van der Waals surface area (Å²) in [6, 6.07) is 4.70. The Balaban J connectivity index is 1.67. The van der Waals surface area contributed by atoms with Crippen LogP contribution in [0.25, 0.3) is 11.0 Å². The van der Waals surface area contributed by atoms with Gasteiger partial charge in [0.15, 0.2) is 0 Å². The summed E-state index contributed by atoms with van der Waals surface area (Å²) in [6.45, 7) is 11.3. The molecular weight excluding hydrogens is 354 g/mol. The highest BCUT2D eigenvalue weighted by Crippen LogP contribution is 2.32. The van der Waals surface area contributed by atoms with Crippen LogP contribution in [0.5, 0.6) is 0 Å². The number of hydrogen-bond donors (Lipinski definition) is 1. The zero-order chi connectivity index (χ0) is 19.8. The van der Waals surface area contributed by atoms with Crippen LogP contribution in [0.2, 0.25) is 0 Å². The number of aryl methyl sites for hydroxylation is 1. The standard InChI is InChI=1S/C22H31N3O3/c1-14(2)27-13-16-12-25(10-9-24(16)4)20-6-5-18-17-7-8-23-11-19(17)22(26)28-21(18)15(20)3/h5-6,14,16,23H,7-13H2,1-4H3/t16-/m1/s1. The fourth-order valence-corrected chi connectivity index (χ4v) is 4.37. The number of nitrogens with one attached hydrogen (secondary N) is 1. The first-order chi connectivity index (χ1) is 13.5. The molecule has 2 aliphatic rings. The van der Waals surface area contributed by atoms with E-state index < -0.39 is 0 Å². The van der Waals surface area contributed by atoms with Crippen LogP contribution in [0.3, 0.4) is 0 Å². The molecule has 1 saturated heterocycles. The number of fused-ring (bicyclic) bond motifs is 3. The molecule has 0 spiro atoms. The quantitative estimate of drug-likeness (QED) is 0.815. The number of piperazine rings is 1. The summed E-state index contributed by atoms with van der Waals surface area (Å²) in [5, 5.41) is 4.36. The van der Waals surface area contributed by atoms with Crippen molar-refractivity contribution >= 4 is 16.7 Å². The number of hydrogen-bond acceptors (Lipinski definition) is 6. The highest BCUT2D eigenvalue weighted by Gasteiger charge is 2.27. The van der Waals surface area contributed by atoms with Gasteiger partial charge in [-0.25, -0.2) is 4.79 Å². The van der Waals surface area contributed by atoms with E-state index in [0.29, 0.717) is 12.6 Å². The minimum atomic E-state index is -0.198. The molecule has 0 radical (unpaired) electrons. The molecule has 1 N–H and O–H groups in total. The zero-order valence-electron chi connectivity index (χ0n) is 17.4. The van der Waals surface area contributed by atoms with Crippen LogP contribution in [0.15, 0.2) is 21.3 Å². The topological polar surface area (TPSA) is 58.0 Å². The SMILES string of the molecule is Cc1c(N2CCN(C)[C@@H](COC(C)C)C2)ccc2c3c(c(=O)oc12)CNCC3. The molecule has 28 heavy (non-hydrogen) atoms. The lowest BCUT2D eigenvalue weighted by molar-refractivity contribution is 0.0290. The van der Waals surface area contributed by atoms with Gasteiger partial charge in [-0.1, -0.05) is 0 Å². The van der Waals surface area contributed by atoms with Crippen molar-refractivity contribution in [3.05, 3.63) is 39.2 Å². The number of rotatable bonds is 4. The lowest BCUT2D eigenvalue weighted by Crippen LogP contribution is -2.53. The van der Waals surface area contributed by atoms with E-state index in [1.165, 1.54) is 0 Å². The van der Waals surface area contributed by atoms with Crippen molar-refractivity contribution in [2.45, 2.75) is 45.9 Å². The van der Waals surface area contributed by atoms with Crippen LogP contribution in [0.1, 0.15) is 30.5 Å². The van der Waals surface area contributed by atoms with E-state index in [1.54, 1.807) is 0 Å². The Kier molecular flexibility index (Phi) is 5.45. The van der Waals surface area contributed by atoms with E-state index >= 15 is 0 Å². The van der Waals surface area contributed by atoms with Crippen molar-refractivity contribution in [1.29, 1.82) is 0 Å². The smallest absolute Gasteiger partial charge is 0.341 e. The summed E-state index contributed by atoms with van der Waals surface area (Å²) in [6.07, 6.45) is 1.11. The second kappa shape index (κ2) is 7.85. The van der Waals surface area contributed by atoms with Crippen LogP contribution in [-0.2, 0) is 17.7 Å². The van der Waals surface area contributed by atoms with E-state index in [-0.39, 0.29) is 11.7 Å². The largest absolute Gasteiger partial charge is 0.422 e. The van der Waals surface area contributed by atoms with Gasteiger partial charge in [0.05, 0.1) is 24.3 Å². The van der Waals surface area contributed by atoms with Crippen molar-refractivity contribution in [2.24, 2.45) is 0 Å². The van der Waals surface area contributed by atoms with Crippen LogP contribution in [0, 0.1) is 6.92 Å². The number of benzene rings is 1. The molecule has 6 nitrogen and oxygen atoms in total. The molecule has 2 aromatic rings.